The zero-order chi connectivity index (χ0) is 24.5. The molecule has 0 fully saturated rings. The first-order valence-corrected chi connectivity index (χ1v) is 11.4. The van der Waals surface area contributed by atoms with E-state index in [2.05, 4.69) is 26.2 Å². The summed E-state index contributed by atoms with van der Waals surface area (Å²) in [5.41, 5.74) is 1.42. The summed E-state index contributed by atoms with van der Waals surface area (Å²) < 4.78 is 12.8. The second-order valence-corrected chi connectivity index (χ2v) is 9.95. The fourth-order valence-electron chi connectivity index (χ4n) is 3.00. The normalized spacial score (nSPS) is 11.4. The molecule has 0 spiro atoms. The van der Waals surface area contributed by atoms with Crippen molar-refractivity contribution >= 4 is 68.2 Å². The average molecular weight is 558 g/mol. The molecule has 1 aromatic carbocycles. The molecule has 0 unspecified atom stereocenters. The molecule has 2 aromatic heterocycles. The molecule has 0 aliphatic heterocycles. The maximum Gasteiger partial charge on any atom is 0.410 e. The highest BCUT2D eigenvalue weighted by atomic mass is 79.9. The van der Waals surface area contributed by atoms with Crippen LogP contribution in [-0.4, -0.2) is 46.1 Å². The second kappa shape index (κ2) is 9.79. The lowest BCUT2D eigenvalue weighted by molar-refractivity contribution is 0.0282. The van der Waals surface area contributed by atoms with Gasteiger partial charge in [-0.3, -0.25) is 4.40 Å². The third kappa shape index (κ3) is 5.72. The summed E-state index contributed by atoms with van der Waals surface area (Å²) in [7, 11) is 2.89. The van der Waals surface area contributed by atoms with Crippen LogP contribution in [0.1, 0.15) is 36.8 Å². The van der Waals surface area contributed by atoms with E-state index in [0.717, 1.165) is 4.47 Å². The molecule has 0 atom stereocenters. The molecule has 0 radical (unpaired) electrons. The standard InChI is InChI=1S/C22H23BrCl2N4O4/c1-22(2,3)33-21(31)28(4)10-13-9-26-19-17(25)18(14(11-29(13)19)20(30)32-5)27-16-7-6-12(23)8-15(16)24/h6-9,11,27H,10H2,1-5H3. The lowest BCUT2D eigenvalue weighted by Gasteiger charge is -2.24. The van der Waals surface area contributed by atoms with E-state index in [1.165, 1.54) is 12.0 Å². The van der Waals surface area contributed by atoms with Crippen molar-refractivity contribution in [3.63, 3.8) is 0 Å². The first kappa shape index (κ1) is 25.1. The molecule has 0 saturated carbocycles. The Morgan fingerprint density at radius 3 is 2.58 bits per heavy atom. The predicted octanol–water partition coefficient (Wildman–Crippen LogP) is 6.30. The number of hydrogen-bond donors (Lipinski definition) is 1. The molecule has 0 bridgehead atoms. The molecule has 33 heavy (non-hydrogen) atoms. The first-order valence-electron chi connectivity index (χ1n) is 9.84. The summed E-state index contributed by atoms with van der Waals surface area (Å²) in [6.45, 7) is 5.56. The highest BCUT2D eigenvalue weighted by molar-refractivity contribution is 9.10. The number of methoxy groups -OCH3 is 1. The SMILES string of the molecule is COC(=O)c1cn2c(CN(C)C(=O)OC(C)(C)C)cnc2c(Cl)c1Nc1ccc(Br)cc1Cl. The van der Waals surface area contributed by atoms with Gasteiger partial charge in [0.2, 0.25) is 0 Å². The molecule has 3 aromatic rings. The minimum Gasteiger partial charge on any atom is -0.465 e. The number of esters is 1. The van der Waals surface area contributed by atoms with Gasteiger partial charge in [-0.2, -0.15) is 0 Å². The Morgan fingerprint density at radius 1 is 1.27 bits per heavy atom. The van der Waals surface area contributed by atoms with Crippen molar-refractivity contribution in [3.05, 3.63) is 56.4 Å². The van der Waals surface area contributed by atoms with Crippen LogP contribution in [0.4, 0.5) is 16.2 Å². The Balaban J connectivity index is 2.04. The molecule has 0 saturated heterocycles. The van der Waals surface area contributed by atoms with Gasteiger partial charge < -0.3 is 19.7 Å². The fourth-order valence-corrected chi connectivity index (χ4v) is 4.01. The smallest absolute Gasteiger partial charge is 0.410 e. The molecule has 1 N–H and O–H groups in total. The third-order valence-electron chi connectivity index (χ3n) is 4.52. The van der Waals surface area contributed by atoms with Crippen molar-refractivity contribution in [2.75, 3.05) is 19.5 Å². The number of anilines is 2. The quantitative estimate of drug-likeness (QED) is 0.370. The number of carbonyl (C=O) groups is 2. The number of imidazole rings is 1. The zero-order valence-electron chi connectivity index (χ0n) is 18.7. The van der Waals surface area contributed by atoms with Gasteiger partial charge in [-0.25, -0.2) is 14.6 Å². The lowest BCUT2D eigenvalue weighted by atomic mass is 10.2. The van der Waals surface area contributed by atoms with E-state index in [0.29, 0.717) is 27.7 Å². The van der Waals surface area contributed by atoms with Crippen LogP contribution < -0.4 is 5.32 Å². The number of hydrogen-bond acceptors (Lipinski definition) is 6. The van der Waals surface area contributed by atoms with Gasteiger partial charge in [0.15, 0.2) is 5.65 Å². The van der Waals surface area contributed by atoms with E-state index in [4.69, 9.17) is 32.7 Å². The summed E-state index contributed by atoms with van der Waals surface area (Å²) >= 11 is 16.4. The van der Waals surface area contributed by atoms with Gasteiger partial charge in [0.1, 0.15) is 16.2 Å². The van der Waals surface area contributed by atoms with Crippen molar-refractivity contribution in [2.45, 2.75) is 32.9 Å². The molecule has 3 rings (SSSR count). The maximum absolute atomic E-state index is 12.6. The van der Waals surface area contributed by atoms with Crippen LogP contribution in [0, 0.1) is 0 Å². The molecule has 1 amide bonds. The number of pyridine rings is 1. The number of nitrogens with zero attached hydrogens (tertiary/aromatic N) is 3. The van der Waals surface area contributed by atoms with E-state index in [1.807, 2.05) is 0 Å². The Morgan fingerprint density at radius 2 is 1.97 bits per heavy atom. The first-order chi connectivity index (χ1) is 15.4. The van der Waals surface area contributed by atoms with Crippen molar-refractivity contribution in [1.82, 2.24) is 14.3 Å². The number of carbonyl (C=O) groups excluding carboxylic acids is 2. The summed E-state index contributed by atoms with van der Waals surface area (Å²) in [5.74, 6) is -0.602. The minimum atomic E-state index is -0.624. The molecule has 176 valence electrons. The molecular formula is C22H23BrCl2N4O4. The van der Waals surface area contributed by atoms with Crippen LogP contribution in [0.5, 0.6) is 0 Å². The number of ether oxygens (including phenoxy) is 2. The van der Waals surface area contributed by atoms with Crippen molar-refractivity contribution < 1.29 is 19.1 Å². The topological polar surface area (TPSA) is 85.2 Å². The summed E-state index contributed by atoms with van der Waals surface area (Å²) in [5, 5.41) is 3.74. The molecule has 8 nitrogen and oxygen atoms in total. The minimum absolute atomic E-state index is 0.174. The number of rotatable bonds is 5. The van der Waals surface area contributed by atoms with Gasteiger partial charge in [0, 0.05) is 17.7 Å². The fraction of sp³-hybridized carbons (Fsp3) is 0.318. The van der Waals surface area contributed by atoms with Crippen LogP contribution in [-0.2, 0) is 16.0 Å². The Labute approximate surface area is 209 Å². The molecule has 0 aliphatic rings. The van der Waals surface area contributed by atoms with E-state index in [1.54, 1.807) is 62.8 Å². The van der Waals surface area contributed by atoms with Crippen LogP contribution in [0.2, 0.25) is 10.0 Å². The van der Waals surface area contributed by atoms with E-state index >= 15 is 0 Å². The van der Waals surface area contributed by atoms with Crippen molar-refractivity contribution in [3.8, 4) is 0 Å². The highest BCUT2D eigenvalue weighted by Gasteiger charge is 2.24. The maximum atomic E-state index is 12.6. The molecular weight excluding hydrogens is 535 g/mol. The number of aromatic nitrogens is 2. The Hall–Kier alpha value is -2.49. The van der Waals surface area contributed by atoms with Crippen LogP contribution in [0.15, 0.2) is 35.1 Å². The van der Waals surface area contributed by atoms with Gasteiger partial charge >= 0.3 is 12.1 Å². The molecule has 2 heterocycles. The Kier molecular flexibility index (Phi) is 7.45. The highest BCUT2D eigenvalue weighted by Crippen LogP contribution is 2.36. The summed E-state index contributed by atoms with van der Waals surface area (Å²) in [4.78, 5) is 30.8. The van der Waals surface area contributed by atoms with Crippen molar-refractivity contribution in [2.24, 2.45) is 0 Å². The number of benzene rings is 1. The van der Waals surface area contributed by atoms with E-state index < -0.39 is 17.7 Å². The monoisotopic (exact) mass is 556 g/mol. The van der Waals surface area contributed by atoms with Gasteiger partial charge in [0.05, 0.1) is 41.9 Å². The van der Waals surface area contributed by atoms with Gasteiger partial charge in [-0.05, 0) is 39.0 Å². The number of halogens is 3. The van der Waals surface area contributed by atoms with Crippen LogP contribution in [0.3, 0.4) is 0 Å². The largest absolute Gasteiger partial charge is 0.465 e. The van der Waals surface area contributed by atoms with Crippen molar-refractivity contribution in [1.29, 1.82) is 0 Å². The van der Waals surface area contributed by atoms with Gasteiger partial charge in [-0.1, -0.05) is 39.1 Å². The number of fused-ring (bicyclic) bond motifs is 1. The Bertz CT molecular complexity index is 1220. The van der Waals surface area contributed by atoms with Crippen LogP contribution in [0.25, 0.3) is 5.65 Å². The number of nitrogens with one attached hydrogen (secondary N) is 1. The summed E-state index contributed by atoms with van der Waals surface area (Å²) in [6, 6.07) is 5.27. The van der Waals surface area contributed by atoms with Gasteiger partial charge in [0.25, 0.3) is 0 Å². The molecule has 0 aliphatic carbocycles. The average Bonchev–Trinajstić information content (AvgIpc) is 3.12. The number of amides is 1. The second-order valence-electron chi connectivity index (χ2n) is 8.25. The van der Waals surface area contributed by atoms with E-state index in [-0.39, 0.29) is 17.1 Å². The lowest BCUT2D eigenvalue weighted by Crippen LogP contribution is -2.34. The zero-order valence-corrected chi connectivity index (χ0v) is 21.8. The summed E-state index contributed by atoms with van der Waals surface area (Å²) in [6.07, 6.45) is 2.66. The predicted molar refractivity (Wildman–Crippen MR) is 132 cm³/mol. The van der Waals surface area contributed by atoms with Gasteiger partial charge in [-0.15, -0.1) is 0 Å². The van der Waals surface area contributed by atoms with Crippen LogP contribution >= 0.6 is 39.1 Å². The van der Waals surface area contributed by atoms with E-state index in [9.17, 15) is 9.59 Å². The third-order valence-corrected chi connectivity index (χ3v) is 5.68. The molecule has 11 heteroatoms.